The van der Waals surface area contributed by atoms with Crippen LogP contribution in [0.4, 0.5) is 8.78 Å². The summed E-state index contributed by atoms with van der Waals surface area (Å²) in [5.41, 5.74) is 2.69. The van der Waals surface area contributed by atoms with Crippen LogP contribution in [0, 0.1) is 18.6 Å². The highest BCUT2D eigenvalue weighted by molar-refractivity contribution is 7.20. The minimum Gasteiger partial charge on any atom is -0.349 e. The monoisotopic (exact) mass is 466 g/mol. The number of aromatic nitrogens is 2. The molecule has 1 aliphatic rings. The molecule has 5 rings (SSSR count). The molecule has 170 valence electrons. The van der Waals surface area contributed by atoms with Crippen molar-refractivity contribution in [3.05, 3.63) is 82.4 Å². The predicted octanol–water partition coefficient (Wildman–Crippen LogP) is 5.07. The molecular weight excluding hydrogens is 442 g/mol. The van der Waals surface area contributed by atoms with E-state index in [1.54, 1.807) is 16.8 Å². The van der Waals surface area contributed by atoms with Crippen LogP contribution in [0.15, 0.2) is 54.6 Å². The summed E-state index contributed by atoms with van der Waals surface area (Å²) in [5, 5.41) is 8.67. The molecule has 1 N–H and O–H groups in total. The molecule has 0 saturated carbocycles. The van der Waals surface area contributed by atoms with E-state index in [2.05, 4.69) is 15.3 Å². The number of benzene rings is 2. The summed E-state index contributed by atoms with van der Waals surface area (Å²) in [6, 6.07) is 14.8. The number of aryl methyl sites for hydroxylation is 1. The highest BCUT2D eigenvalue weighted by Gasteiger charge is 2.23. The number of fused-ring (bicyclic) bond motifs is 1. The van der Waals surface area contributed by atoms with Gasteiger partial charge in [0.25, 0.3) is 5.91 Å². The van der Waals surface area contributed by atoms with Crippen LogP contribution in [0.1, 0.15) is 33.8 Å². The Bertz CT molecular complexity index is 1270. The van der Waals surface area contributed by atoms with Gasteiger partial charge in [0.1, 0.15) is 16.5 Å². The van der Waals surface area contributed by atoms with E-state index >= 15 is 0 Å². The highest BCUT2D eigenvalue weighted by atomic mass is 32.1. The molecule has 0 aliphatic carbocycles. The van der Waals surface area contributed by atoms with Crippen molar-refractivity contribution >= 4 is 27.5 Å². The molecule has 8 heteroatoms. The first-order valence-corrected chi connectivity index (χ1v) is 11.8. The van der Waals surface area contributed by atoms with Crippen molar-refractivity contribution in [2.75, 3.05) is 13.1 Å². The molecule has 33 heavy (non-hydrogen) atoms. The summed E-state index contributed by atoms with van der Waals surface area (Å²) in [7, 11) is 0. The molecule has 5 nitrogen and oxygen atoms in total. The van der Waals surface area contributed by atoms with Gasteiger partial charge in [-0.1, -0.05) is 12.1 Å². The predicted molar refractivity (Wildman–Crippen MR) is 126 cm³/mol. The number of carbonyl (C=O) groups is 1. The van der Waals surface area contributed by atoms with Crippen molar-refractivity contribution in [2.45, 2.75) is 32.4 Å². The van der Waals surface area contributed by atoms with E-state index in [4.69, 9.17) is 0 Å². The lowest BCUT2D eigenvalue weighted by molar-refractivity contribution is 0.0913. The van der Waals surface area contributed by atoms with Gasteiger partial charge in [0.05, 0.1) is 16.3 Å². The maximum atomic E-state index is 13.3. The Hall–Kier alpha value is -3.10. The van der Waals surface area contributed by atoms with E-state index in [1.165, 1.54) is 35.6 Å². The van der Waals surface area contributed by atoms with Gasteiger partial charge in [-0.05, 0) is 67.8 Å². The van der Waals surface area contributed by atoms with E-state index in [0.717, 1.165) is 59.6 Å². The summed E-state index contributed by atoms with van der Waals surface area (Å²) in [6.07, 6.45) is 1.75. The topological polar surface area (TPSA) is 50.2 Å². The van der Waals surface area contributed by atoms with Gasteiger partial charge in [-0.15, -0.1) is 11.3 Å². The van der Waals surface area contributed by atoms with Crippen LogP contribution in [0.5, 0.6) is 0 Å². The molecule has 0 atom stereocenters. The Morgan fingerprint density at radius 2 is 1.70 bits per heavy atom. The van der Waals surface area contributed by atoms with Crippen molar-refractivity contribution in [1.29, 1.82) is 0 Å². The molecule has 1 aliphatic heterocycles. The van der Waals surface area contributed by atoms with E-state index < -0.39 is 0 Å². The number of hydrogen-bond donors (Lipinski definition) is 1. The van der Waals surface area contributed by atoms with Crippen molar-refractivity contribution in [2.24, 2.45) is 0 Å². The average molecular weight is 467 g/mol. The molecule has 2 aromatic carbocycles. The van der Waals surface area contributed by atoms with Crippen molar-refractivity contribution in [3.8, 4) is 5.69 Å². The highest BCUT2D eigenvalue weighted by Crippen LogP contribution is 2.30. The number of thiophene rings is 1. The van der Waals surface area contributed by atoms with Gasteiger partial charge < -0.3 is 5.32 Å². The molecule has 2 aromatic heterocycles. The number of carbonyl (C=O) groups excluding carboxylic acids is 1. The van der Waals surface area contributed by atoms with Crippen molar-refractivity contribution in [3.63, 3.8) is 0 Å². The first-order chi connectivity index (χ1) is 16.0. The second kappa shape index (κ2) is 9.03. The summed E-state index contributed by atoms with van der Waals surface area (Å²) in [6.45, 7) is 4.46. The van der Waals surface area contributed by atoms with Crippen LogP contribution < -0.4 is 5.32 Å². The number of halogens is 2. The Morgan fingerprint density at radius 3 is 2.36 bits per heavy atom. The van der Waals surface area contributed by atoms with Gasteiger partial charge in [-0.2, -0.15) is 5.10 Å². The molecule has 1 fully saturated rings. The van der Waals surface area contributed by atoms with Crippen molar-refractivity contribution < 1.29 is 13.6 Å². The summed E-state index contributed by atoms with van der Waals surface area (Å²) >= 11 is 1.40. The van der Waals surface area contributed by atoms with Crippen molar-refractivity contribution in [1.82, 2.24) is 20.0 Å². The molecule has 0 unspecified atom stereocenters. The first kappa shape index (κ1) is 21.7. The van der Waals surface area contributed by atoms with Gasteiger partial charge >= 0.3 is 0 Å². The minimum atomic E-state index is -0.297. The summed E-state index contributed by atoms with van der Waals surface area (Å²) in [5.74, 6) is -0.589. The molecule has 1 amide bonds. The zero-order chi connectivity index (χ0) is 22.9. The third-order valence-corrected chi connectivity index (χ3v) is 7.19. The third kappa shape index (κ3) is 4.67. The fraction of sp³-hybridized carbons (Fsp3) is 0.280. The Morgan fingerprint density at radius 1 is 1.06 bits per heavy atom. The molecule has 0 spiro atoms. The standard InChI is InChI=1S/C25H24F2N4OS/c1-16-22-14-23(33-25(22)31(29-16)21-8-6-19(27)7-9-21)24(32)28-20-10-12-30(13-11-20)15-17-2-4-18(26)5-3-17/h2-9,14,20H,10-13,15H2,1H3,(H,28,32). The van der Waals surface area contributed by atoms with Gasteiger partial charge in [0.2, 0.25) is 0 Å². The summed E-state index contributed by atoms with van der Waals surface area (Å²) < 4.78 is 28.2. The van der Waals surface area contributed by atoms with Crippen LogP contribution in [0.2, 0.25) is 0 Å². The third-order valence-electron chi connectivity index (χ3n) is 6.08. The number of nitrogens with zero attached hydrogens (tertiary/aromatic N) is 3. The van der Waals surface area contributed by atoms with E-state index in [9.17, 15) is 13.6 Å². The van der Waals surface area contributed by atoms with Gasteiger partial charge in [-0.25, -0.2) is 13.5 Å². The molecule has 1 saturated heterocycles. The zero-order valence-corrected chi connectivity index (χ0v) is 19.0. The molecule has 0 bridgehead atoms. The number of likely N-dealkylation sites (tertiary alicyclic amines) is 1. The lowest BCUT2D eigenvalue weighted by atomic mass is 10.0. The van der Waals surface area contributed by atoms with Crippen LogP contribution >= 0.6 is 11.3 Å². The number of piperidine rings is 1. The molecular formula is C25H24F2N4OS. The van der Waals surface area contributed by atoms with Gasteiger partial charge in [0, 0.05) is 31.1 Å². The maximum absolute atomic E-state index is 13.3. The lowest BCUT2D eigenvalue weighted by Crippen LogP contribution is -2.44. The molecule has 3 heterocycles. The van der Waals surface area contributed by atoms with Crippen LogP contribution in [-0.2, 0) is 6.54 Å². The second-order valence-electron chi connectivity index (χ2n) is 8.45. The Kier molecular flexibility index (Phi) is 5.95. The van der Waals surface area contributed by atoms with Gasteiger partial charge in [-0.3, -0.25) is 9.69 Å². The average Bonchev–Trinajstić information content (AvgIpc) is 3.38. The SMILES string of the molecule is Cc1nn(-c2ccc(F)cc2)c2sc(C(=O)NC3CCN(Cc4ccc(F)cc4)CC3)cc12. The van der Waals surface area contributed by atoms with Crippen LogP contribution in [0.25, 0.3) is 15.9 Å². The number of rotatable bonds is 5. The Labute approximate surface area is 194 Å². The quantitative estimate of drug-likeness (QED) is 0.447. The van der Waals surface area contributed by atoms with E-state index in [-0.39, 0.29) is 23.6 Å². The number of amides is 1. The lowest BCUT2D eigenvalue weighted by Gasteiger charge is -2.32. The smallest absolute Gasteiger partial charge is 0.261 e. The molecule has 4 aromatic rings. The summed E-state index contributed by atoms with van der Waals surface area (Å²) in [4.78, 5) is 16.8. The minimum absolute atomic E-state index is 0.0711. The largest absolute Gasteiger partial charge is 0.349 e. The van der Waals surface area contributed by atoms with E-state index in [0.29, 0.717) is 4.88 Å². The van der Waals surface area contributed by atoms with Gasteiger partial charge in [0.15, 0.2) is 0 Å². The second-order valence-corrected chi connectivity index (χ2v) is 9.48. The number of nitrogens with one attached hydrogen (secondary N) is 1. The Balaban J connectivity index is 1.23. The first-order valence-electron chi connectivity index (χ1n) is 11.0. The molecule has 0 radical (unpaired) electrons. The van der Waals surface area contributed by atoms with Crippen LogP contribution in [-0.4, -0.2) is 39.7 Å². The maximum Gasteiger partial charge on any atom is 0.261 e. The van der Waals surface area contributed by atoms with E-state index in [1.807, 2.05) is 25.1 Å². The number of hydrogen-bond acceptors (Lipinski definition) is 4. The van der Waals surface area contributed by atoms with Crippen LogP contribution in [0.3, 0.4) is 0 Å². The zero-order valence-electron chi connectivity index (χ0n) is 18.2. The fourth-order valence-electron chi connectivity index (χ4n) is 4.26. The fourth-order valence-corrected chi connectivity index (χ4v) is 5.34. The normalized spacial score (nSPS) is 15.2.